The minimum atomic E-state index is -3.03. The van der Waals surface area contributed by atoms with E-state index in [0.717, 1.165) is 19.3 Å². The van der Waals surface area contributed by atoms with Crippen LogP contribution in [0.5, 0.6) is 0 Å². The minimum absolute atomic E-state index is 0.0214. The van der Waals surface area contributed by atoms with Crippen LogP contribution in [0, 0.1) is 5.92 Å². The van der Waals surface area contributed by atoms with E-state index in [9.17, 15) is 13.2 Å². The van der Waals surface area contributed by atoms with Gasteiger partial charge in [-0.15, -0.1) is 0 Å². The maximum absolute atomic E-state index is 12.3. The van der Waals surface area contributed by atoms with Crippen LogP contribution in [0.15, 0.2) is 0 Å². The normalized spacial score (nSPS) is 31.2. The largest absolute Gasteiger partial charge is 0.392 e. The summed E-state index contributed by atoms with van der Waals surface area (Å²) in [5, 5.41) is 0. The van der Waals surface area contributed by atoms with Crippen LogP contribution in [-0.2, 0) is 14.6 Å². The number of thiocarbonyl (C=S) groups is 1. The van der Waals surface area contributed by atoms with Crippen LogP contribution in [0.2, 0.25) is 0 Å². The minimum Gasteiger partial charge on any atom is -0.392 e. The van der Waals surface area contributed by atoms with E-state index >= 15 is 0 Å². The smallest absolute Gasteiger partial charge is 0.227 e. The summed E-state index contributed by atoms with van der Waals surface area (Å²) >= 11 is 5.00. The number of amides is 1. The summed E-state index contributed by atoms with van der Waals surface area (Å²) in [6, 6.07) is -0.190. The molecule has 0 aromatic heterocycles. The zero-order valence-corrected chi connectivity index (χ0v) is 11.8. The molecule has 0 saturated carbocycles. The quantitative estimate of drug-likeness (QED) is 0.729. The second kappa shape index (κ2) is 5.13. The Hall–Kier alpha value is -0.690. The molecule has 1 amide bonds. The molecular weight excluding hydrogens is 272 g/mol. The molecule has 0 radical (unpaired) electrons. The molecule has 2 atom stereocenters. The highest BCUT2D eigenvalue weighted by Crippen LogP contribution is 2.25. The van der Waals surface area contributed by atoms with Crippen LogP contribution in [0.3, 0.4) is 0 Å². The van der Waals surface area contributed by atoms with Crippen molar-refractivity contribution in [1.82, 2.24) is 4.90 Å². The Labute approximate surface area is 113 Å². The predicted molar refractivity (Wildman–Crippen MR) is 72.9 cm³/mol. The first-order chi connectivity index (χ1) is 8.41. The molecule has 102 valence electrons. The van der Waals surface area contributed by atoms with Gasteiger partial charge in [0.25, 0.3) is 0 Å². The third-order valence-electron chi connectivity index (χ3n) is 3.70. The zero-order chi connectivity index (χ0) is 13.3. The van der Waals surface area contributed by atoms with E-state index in [-0.39, 0.29) is 23.5 Å². The summed E-state index contributed by atoms with van der Waals surface area (Å²) in [5.74, 6) is -0.389. The molecule has 0 aliphatic carbocycles. The lowest BCUT2D eigenvalue weighted by Gasteiger charge is -2.36. The van der Waals surface area contributed by atoms with Gasteiger partial charge in [-0.25, -0.2) is 8.42 Å². The lowest BCUT2D eigenvalue weighted by atomic mass is 9.98. The summed E-state index contributed by atoms with van der Waals surface area (Å²) in [6.45, 7) is 0.636. The number of nitrogens with two attached hydrogens (primary N) is 1. The number of likely N-dealkylation sites (tertiary alicyclic amines) is 1. The number of hydrogen-bond donors (Lipinski definition) is 1. The molecule has 0 spiro atoms. The molecule has 0 bridgehead atoms. The molecule has 2 heterocycles. The summed E-state index contributed by atoms with van der Waals surface area (Å²) in [7, 11) is -3.03. The average Bonchev–Trinajstić information content (AvgIpc) is 2.68. The Morgan fingerprint density at radius 2 is 2.00 bits per heavy atom. The van der Waals surface area contributed by atoms with Crippen molar-refractivity contribution >= 4 is 33.0 Å². The van der Waals surface area contributed by atoms with E-state index in [1.165, 1.54) is 0 Å². The monoisotopic (exact) mass is 290 g/mol. The highest BCUT2D eigenvalue weighted by atomic mass is 32.2. The third kappa shape index (κ3) is 2.83. The molecule has 0 aromatic rings. The van der Waals surface area contributed by atoms with Crippen molar-refractivity contribution in [2.45, 2.75) is 31.7 Å². The number of hydrogen-bond acceptors (Lipinski definition) is 4. The molecule has 2 N–H and O–H groups in total. The standard InChI is InChI=1S/C11H18N2O3S2/c12-10(17)9-3-1-2-5-13(9)11(14)8-4-6-18(15,16)7-8/h8-9H,1-7H2,(H2,12,17). The van der Waals surface area contributed by atoms with Gasteiger partial charge in [0.2, 0.25) is 5.91 Å². The zero-order valence-electron chi connectivity index (χ0n) is 10.2. The van der Waals surface area contributed by atoms with Gasteiger partial charge in [0.1, 0.15) is 0 Å². The molecule has 18 heavy (non-hydrogen) atoms. The molecule has 0 aromatic carbocycles. The molecule has 2 saturated heterocycles. The Kier molecular flexibility index (Phi) is 3.91. The van der Waals surface area contributed by atoms with E-state index in [0.29, 0.717) is 18.0 Å². The first-order valence-corrected chi connectivity index (χ1v) is 8.44. The number of nitrogens with zero attached hydrogens (tertiary/aromatic N) is 1. The van der Waals surface area contributed by atoms with Gasteiger partial charge < -0.3 is 10.6 Å². The molecule has 2 unspecified atom stereocenters. The highest BCUT2D eigenvalue weighted by Gasteiger charge is 2.38. The van der Waals surface area contributed by atoms with Crippen molar-refractivity contribution in [3.63, 3.8) is 0 Å². The number of rotatable bonds is 2. The van der Waals surface area contributed by atoms with Crippen LogP contribution < -0.4 is 5.73 Å². The van der Waals surface area contributed by atoms with Gasteiger partial charge in [-0.1, -0.05) is 12.2 Å². The maximum Gasteiger partial charge on any atom is 0.227 e. The van der Waals surface area contributed by atoms with Gasteiger partial charge in [0, 0.05) is 6.54 Å². The van der Waals surface area contributed by atoms with E-state index in [1.54, 1.807) is 4.90 Å². The fourth-order valence-electron chi connectivity index (χ4n) is 2.72. The predicted octanol–water partition coefficient (Wildman–Crippen LogP) is 0.0883. The number of carbonyl (C=O) groups excluding carboxylic acids is 1. The Morgan fingerprint density at radius 1 is 1.28 bits per heavy atom. The van der Waals surface area contributed by atoms with E-state index in [1.807, 2.05) is 0 Å². The van der Waals surface area contributed by atoms with E-state index in [4.69, 9.17) is 18.0 Å². The fourth-order valence-corrected chi connectivity index (χ4v) is 4.69. The van der Waals surface area contributed by atoms with Gasteiger partial charge in [-0.3, -0.25) is 4.79 Å². The fraction of sp³-hybridized carbons (Fsp3) is 0.818. The average molecular weight is 290 g/mol. The third-order valence-corrected chi connectivity index (χ3v) is 5.74. The second-order valence-corrected chi connectivity index (χ2v) is 7.75. The molecule has 2 fully saturated rings. The lowest BCUT2D eigenvalue weighted by molar-refractivity contribution is -0.136. The first kappa shape index (κ1) is 13.7. The molecule has 2 aliphatic rings. The SMILES string of the molecule is NC(=S)C1CCCCN1C(=O)C1CCS(=O)(=O)C1. The van der Waals surface area contributed by atoms with Crippen LogP contribution in [-0.4, -0.2) is 48.3 Å². The Balaban J connectivity index is 2.10. The van der Waals surface area contributed by atoms with Crippen molar-refractivity contribution in [2.24, 2.45) is 11.7 Å². The molecular formula is C11H18N2O3S2. The van der Waals surface area contributed by atoms with Crippen LogP contribution in [0.1, 0.15) is 25.7 Å². The Morgan fingerprint density at radius 3 is 2.56 bits per heavy atom. The topological polar surface area (TPSA) is 80.5 Å². The van der Waals surface area contributed by atoms with Crippen molar-refractivity contribution in [2.75, 3.05) is 18.1 Å². The highest BCUT2D eigenvalue weighted by molar-refractivity contribution is 7.91. The van der Waals surface area contributed by atoms with Gasteiger partial charge in [0.15, 0.2) is 9.84 Å². The maximum atomic E-state index is 12.3. The van der Waals surface area contributed by atoms with Crippen molar-refractivity contribution in [3.05, 3.63) is 0 Å². The first-order valence-electron chi connectivity index (χ1n) is 6.21. The molecule has 2 aliphatic heterocycles. The van der Waals surface area contributed by atoms with Crippen LogP contribution in [0.25, 0.3) is 0 Å². The van der Waals surface area contributed by atoms with Crippen LogP contribution in [0.4, 0.5) is 0 Å². The summed E-state index contributed by atoms with van der Waals surface area (Å²) in [6.07, 6.45) is 3.17. The lowest BCUT2D eigenvalue weighted by Crippen LogP contribution is -2.51. The molecule has 7 heteroatoms. The molecule has 2 rings (SSSR count). The van der Waals surface area contributed by atoms with Crippen molar-refractivity contribution < 1.29 is 13.2 Å². The van der Waals surface area contributed by atoms with Crippen molar-refractivity contribution in [1.29, 1.82) is 0 Å². The van der Waals surface area contributed by atoms with E-state index in [2.05, 4.69) is 0 Å². The van der Waals surface area contributed by atoms with E-state index < -0.39 is 15.8 Å². The summed E-state index contributed by atoms with van der Waals surface area (Å²) in [5.41, 5.74) is 5.67. The van der Waals surface area contributed by atoms with Gasteiger partial charge in [-0.2, -0.15) is 0 Å². The number of carbonyl (C=O) groups is 1. The summed E-state index contributed by atoms with van der Waals surface area (Å²) < 4.78 is 22.8. The summed E-state index contributed by atoms with van der Waals surface area (Å²) in [4.78, 5) is 14.4. The number of sulfone groups is 1. The van der Waals surface area contributed by atoms with Crippen molar-refractivity contribution in [3.8, 4) is 0 Å². The van der Waals surface area contributed by atoms with Gasteiger partial charge in [-0.05, 0) is 25.7 Å². The Bertz CT molecular complexity index is 461. The van der Waals surface area contributed by atoms with Crippen LogP contribution >= 0.6 is 12.2 Å². The molecule has 5 nitrogen and oxygen atoms in total. The van der Waals surface area contributed by atoms with Gasteiger partial charge >= 0.3 is 0 Å². The van der Waals surface area contributed by atoms with Gasteiger partial charge in [0.05, 0.1) is 28.5 Å². The second-order valence-electron chi connectivity index (χ2n) is 5.05. The number of piperidine rings is 1.